The Morgan fingerprint density at radius 3 is 2.30 bits per heavy atom. The van der Waals surface area contributed by atoms with Crippen molar-refractivity contribution in [3.8, 4) is 0 Å². The van der Waals surface area contributed by atoms with Crippen molar-refractivity contribution >= 4 is 17.5 Å². The third-order valence-electron chi connectivity index (χ3n) is 4.55. The van der Waals surface area contributed by atoms with E-state index in [1.807, 2.05) is 61.5 Å². The standard InChI is InChI=1S/C19H20ClNO2/c1-13(17(22)14-5-3-2-4-6-14)21-18(23)19(11-12-19)15-7-9-16(20)10-8-15/h2-10,13,17,22H,11-12H2,1H3,(H,21,23)/t13-,17-/m1/s1. The normalized spacial score (nSPS) is 18.0. The van der Waals surface area contributed by atoms with Crippen LogP contribution in [-0.4, -0.2) is 17.1 Å². The van der Waals surface area contributed by atoms with Crippen LogP contribution in [0.5, 0.6) is 0 Å². The second kappa shape index (κ2) is 6.34. The molecule has 0 unspecified atom stereocenters. The van der Waals surface area contributed by atoms with Gasteiger partial charge in [0.1, 0.15) is 0 Å². The van der Waals surface area contributed by atoms with Gasteiger partial charge in [-0.3, -0.25) is 4.79 Å². The van der Waals surface area contributed by atoms with Gasteiger partial charge in [0.2, 0.25) is 5.91 Å². The molecule has 1 aliphatic rings. The maximum absolute atomic E-state index is 12.7. The summed E-state index contributed by atoms with van der Waals surface area (Å²) >= 11 is 5.92. The Labute approximate surface area is 141 Å². The average molecular weight is 330 g/mol. The van der Waals surface area contributed by atoms with Crippen molar-refractivity contribution in [1.82, 2.24) is 5.32 Å². The third kappa shape index (κ3) is 3.26. The molecule has 0 spiro atoms. The van der Waals surface area contributed by atoms with E-state index in [1.54, 1.807) is 0 Å². The largest absolute Gasteiger partial charge is 0.386 e. The minimum Gasteiger partial charge on any atom is -0.386 e. The van der Waals surface area contributed by atoms with Gasteiger partial charge in [0, 0.05) is 5.02 Å². The zero-order valence-electron chi connectivity index (χ0n) is 13.0. The first kappa shape index (κ1) is 16.0. The predicted octanol–water partition coefficient (Wildman–Crippen LogP) is 3.61. The Bertz CT molecular complexity index is 680. The summed E-state index contributed by atoms with van der Waals surface area (Å²) < 4.78 is 0. The molecule has 0 aliphatic heterocycles. The molecule has 0 heterocycles. The van der Waals surface area contributed by atoms with Gasteiger partial charge in [-0.25, -0.2) is 0 Å². The Balaban J connectivity index is 1.70. The van der Waals surface area contributed by atoms with Crippen molar-refractivity contribution in [2.75, 3.05) is 0 Å². The van der Waals surface area contributed by atoms with Gasteiger partial charge in [-0.05, 0) is 43.0 Å². The lowest BCUT2D eigenvalue weighted by Crippen LogP contribution is -2.43. The van der Waals surface area contributed by atoms with Crippen molar-refractivity contribution in [3.63, 3.8) is 0 Å². The highest BCUT2D eigenvalue weighted by atomic mass is 35.5. The van der Waals surface area contributed by atoms with E-state index in [9.17, 15) is 9.90 Å². The molecular weight excluding hydrogens is 310 g/mol. The van der Waals surface area contributed by atoms with Gasteiger partial charge in [-0.1, -0.05) is 54.1 Å². The van der Waals surface area contributed by atoms with Crippen LogP contribution in [-0.2, 0) is 10.2 Å². The molecule has 1 fully saturated rings. The Morgan fingerprint density at radius 1 is 1.13 bits per heavy atom. The Hall–Kier alpha value is -1.84. The highest BCUT2D eigenvalue weighted by molar-refractivity contribution is 6.30. The SMILES string of the molecule is C[C@@H](NC(=O)C1(c2ccc(Cl)cc2)CC1)[C@@H](O)c1ccccc1. The number of nitrogens with one attached hydrogen (secondary N) is 1. The fourth-order valence-electron chi connectivity index (χ4n) is 2.90. The summed E-state index contributed by atoms with van der Waals surface area (Å²) in [5.74, 6) is -0.0256. The van der Waals surface area contributed by atoms with E-state index >= 15 is 0 Å². The van der Waals surface area contributed by atoms with E-state index in [2.05, 4.69) is 5.32 Å². The van der Waals surface area contributed by atoms with E-state index in [4.69, 9.17) is 11.6 Å². The molecule has 4 heteroatoms. The number of carbonyl (C=O) groups excluding carboxylic acids is 1. The molecule has 0 saturated heterocycles. The Morgan fingerprint density at radius 2 is 1.74 bits per heavy atom. The lowest BCUT2D eigenvalue weighted by atomic mass is 9.94. The fourth-order valence-corrected chi connectivity index (χ4v) is 3.03. The number of benzene rings is 2. The monoisotopic (exact) mass is 329 g/mol. The molecule has 2 aromatic carbocycles. The van der Waals surface area contributed by atoms with Crippen LogP contribution < -0.4 is 5.32 Å². The first-order valence-corrected chi connectivity index (χ1v) is 8.21. The van der Waals surface area contributed by atoms with Crippen molar-refractivity contribution in [3.05, 3.63) is 70.7 Å². The van der Waals surface area contributed by atoms with Gasteiger partial charge in [0.25, 0.3) is 0 Å². The summed E-state index contributed by atoms with van der Waals surface area (Å²) in [6.07, 6.45) is 0.935. The number of hydrogen-bond acceptors (Lipinski definition) is 2. The molecule has 3 rings (SSSR count). The van der Waals surface area contributed by atoms with E-state index in [0.717, 1.165) is 24.0 Å². The number of amides is 1. The summed E-state index contributed by atoms with van der Waals surface area (Å²) in [6, 6.07) is 16.5. The maximum atomic E-state index is 12.7. The van der Waals surface area contributed by atoms with Gasteiger partial charge >= 0.3 is 0 Å². The average Bonchev–Trinajstić information content (AvgIpc) is 3.37. The fraction of sp³-hybridized carbons (Fsp3) is 0.316. The summed E-state index contributed by atoms with van der Waals surface area (Å²) in [5, 5.41) is 14.0. The zero-order valence-corrected chi connectivity index (χ0v) is 13.8. The number of carbonyl (C=O) groups is 1. The first-order chi connectivity index (χ1) is 11.0. The lowest BCUT2D eigenvalue weighted by molar-refractivity contribution is -0.125. The highest BCUT2D eigenvalue weighted by Crippen LogP contribution is 2.48. The third-order valence-corrected chi connectivity index (χ3v) is 4.81. The van der Waals surface area contributed by atoms with Gasteiger partial charge in [-0.15, -0.1) is 0 Å². The number of aliphatic hydroxyl groups excluding tert-OH is 1. The molecule has 1 aliphatic carbocycles. The summed E-state index contributed by atoms with van der Waals surface area (Å²) in [6.45, 7) is 1.83. The van der Waals surface area contributed by atoms with E-state index in [1.165, 1.54) is 0 Å². The minimum absolute atomic E-state index is 0.0256. The van der Waals surface area contributed by atoms with Crippen molar-refractivity contribution < 1.29 is 9.90 Å². The van der Waals surface area contributed by atoms with Crippen LogP contribution in [0.2, 0.25) is 5.02 Å². The van der Waals surface area contributed by atoms with Gasteiger partial charge in [0.05, 0.1) is 17.6 Å². The molecule has 0 aromatic heterocycles. The maximum Gasteiger partial charge on any atom is 0.230 e. The van der Waals surface area contributed by atoms with E-state index in [0.29, 0.717) is 5.02 Å². The van der Waals surface area contributed by atoms with Crippen LogP contribution in [0.4, 0.5) is 0 Å². The summed E-state index contributed by atoms with van der Waals surface area (Å²) in [7, 11) is 0. The zero-order chi connectivity index (χ0) is 16.4. The molecule has 2 atom stereocenters. The van der Waals surface area contributed by atoms with Crippen LogP contribution in [0.25, 0.3) is 0 Å². The van der Waals surface area contributed by atoms with Crippen LogP contribution in [0, 0.1) is 0 Å². The summed E-state index contributed by atoms with van der Waals surface area (Å²) in [5.41, 5.74) is 1.33. The molecule has 0 radical (unpaired) electrons. The second-order valence-electron chi connectivity index (χ2n) is 6.21. The molecule has 3 nitrogen and oxygen atoms in total. The predicted molar refractivity (Wildman–Crippen MR) is 91.4 cm³/mol. The molecule has 1 amide bonds. The van der Waals surface area contributed by atoms with Crippen molar-refractivity contribution in [1.29, 1.82) is 0 Å². The number of hydrogen-bond donors (Lipinski definition) is 2. The van der Waals surface area contributed by atoms with Crippen LogP contribution in [0.15, 0.2) is 54.6 Å². The lowest BCUT2D eigenvalue weighted by Gasteiger charge is -2.24. The second-order valence-corrected chi connectivity index (χ2v) is 6.64. The molecule has 0 bridgehead atoms. The minimum atomic E-state index is -0.721. The van der Waals surface area contributed by atoms with Gasteiger partial charge < -0.3 is 10.4 Å². The van der Waals surface area contributed by atoms with Crippen molar-refractivity contribution in [2.45, 2.75) is 37.3 Å². The smallest absolute Gasteiger partial charge is 0.230 e. The van der Waals surface area contributed by atoms with Gasteiger partial charge in [0.15, 0.2) is 0 Å². The molecule has 120 valence electrons. The number of rotatable bonds is 5. The topological polar surface area (TPSA) is 49.3 Å². The number of aliphatic hydroxyl groups is 1. The molecule has 2 aromatic rings. The summed E-state index contributed by atoms with van der Waals surface area (Å²) in [4.78, 5) is 12.7. The van der Waals surface area contributed by atoms with Crippen LogP contribution in [0.1, 0.15) is 37.0 Å². The van der Waals surface area contributed by atoms with Crippen LogP contribution >= 0.6 is 11.6 Å². The van der Waals surface area contributed by atoms with Crippen molar-refractivity contribution in [2.24, 2.45) is 0 Å². The number of halogens is 1. The van der Waals surface area contributed by atoms with Gasteiger partial charge in [-0.2, -0.15) is 0 Å². The van der Waals surface area contributed by atoms with Crippen LogP contribution in [0.3, 0.4) is 0 Å². The molecular formula is C19H20ClNO2. The molecule has 23 heavy (non-hydrogen) atoms. The highest BCUT2D eigenvalue weighted by Gasteiger charge is 2.51. The Kier molecular flexibility index (Phi) is 4.42. The molecule has 1 saturated carbocycles. The molecule has 2 N–H and O–H groups in total. The van der Waals surface area contributed by atoms with E-state index < -0.39 is 11.5 Å². The quantitative estimate of drug-likeness (QED) is 0.880. The first-order valence-electron chi connectivity index (χ1n) is 7.83. The van der Waals surface area contributed by atoms with E-state index in [-0.39, 0.29) is 11.9 Å².